The zero-order valence-electron chi connectivity index (χ0n) is 35.3. The number of carboxylic acids is 1. The lowest BCUT2D eigenvalue weighted by Gasteiger charge is -2.31. The highest BCUT2D eigenvalue weighted by atomic mass is 16.6. The lowest BCUT2D eigenvalue weighted by Crippen LogP contribution is -2.50. The zero-order valence-corrected chi connectivity index (χ0v) is 35.3. The van der Waals surface area contributed by atoms with Crippen LogP contribution in [0.3, 0.4) is 0 Å². The van der Waals surface area contributed by atoms with E-state index in [4.69, 9.17) is 14.2 Å². The zero-order chi connectivity index (χ0) is 40.7. The van der Waals surface area contributed by atoms with E-state index in [2.05, 4.69) is 98.9 Å². The van der Waals surface area contributed by atoms with Crippen LogP contribution < -0.4 is 0 Å². The standard InChI is InChI=1S/C47H77NO7/c1-6-8-10-12-14-16-18-20-21-22-23-24-25-26-28-29-31-33-35-37-45(49)54-42-43(41-53-40-39-44(47(51)52)48(3,4)5)55-46(50)38-36-34-32-30-27-19-17-15-13-11-9-7-2/h8-11,14-17,20-21,23-24,27,30,43-44H,6-7,12-13,18-19,22,25-26,28-29,31-42H2,1-5H3/p+1/b10-8+,11-9+,16-14+,17-15+,21-20+,24-23+,30-27+. The molecule has 8 heteroatoms. The molecule has 0 amide bonds. The van der Waals surface area contributed by atoms with Crippen LogP contribution in [0.5, 0.6) is 0 Å². The molecular weight excluding hydrogens is 691 g/mol. The SMILES string of the molecule is CC/C=C/C/C=C/C/C=C/C/C=C/CCCCCCCCC(=O)OCC(COCCC(C(=O)O)[N+](C)(C)C)OC(=O)CCCC/C=C/C/C=C/C/C=C/CC. The fourth-order valence-electron chi connectivity index (χ4n) is 5.57. The van der Waals surface area contributed by atoms with Crippen molar-refractivity contribution in [2.75, 3.05) is 41.0 Å². The number of quaternary nitrogens is 1. The first-order valence-corrected chi connectivity index (χ1v) is 21.1. The predicted molar refractivity (Wildman–Crippen MR) is 229 cm³/mol. The molecule has 0 aliphatic rings. The van der Waals surface area contributed by atoms with Gasteiger partial charge in [-0.05, 0) is 83.5 Å². The van der Waals surface area contributed by atoms with Gasteiger partial charge in [0.05, 0.1) is 34.4 Å². The lowest BCUT2D eigenvalue weighted by atomic mass is 10.1. The van der Waals surface area contributed by atoms with Gasteiger partial charge in [-0.1, -0.05) is 125 Å². The summed E-state index contributed by atoms with van der Waals surface area (Å²) in [5.74, 6) is -1.55. The topological polar surface area (TPSA) is 99.1 Å². The molecule has 1 N–H and O–H groups in total. The molecule has 0 spiro atoms. The van der Waals surface area contributed by atoms with Crippen LogP contribution in [0.1, 0.15) is 142 Å². The number of aliphatic carboxylic acids is 1. The minimum atomic E-state index is -0.888. The van der Waals surface area contributed by atoms with Gasteiger partial charge in [-0.2, -0.15) is 0 Å². The molecule has 0 bridgehead atoms. The number of carbonyl (C=O) groups is 3. The first kappa shape index (κ1) is 51.5. The third-order valence-electron chi connectivity index (χ3n) is 8.79. The maximum atomic E-state index is 12.7. The normalized spacial score (nSPS) is 13.8. The summed E-state index contributed by atoms with van der Waals surface area (Å²) in [6.07, 6.45) is 47.8. The van der Waals surface area contributed by atoms with Gasteiger partial charge in [0.25, 0.3) is 0 Å². The third-order valence-corrected chi connectivity index (χ3v) is 8.79. The van der Waals surface area contributed by atoms with E-state index in [1.54, 1.807) is 0 Å². The van der Waals surface area contributed by atoms with Gasteiger partial charge in [0.1, 0.15) is 6.61 Å². The number of esters is 2. The average Bonchev–Trinajstić information content (AvgIpc) is 3.14. The summed E-state index contributed by atoms with van der Waals surface area (Å²) < 4.78 is 17.2. The van der Waals surface area contributed by atoms with Crippen molar-refractivity contribution in [2.24, 2.45) is 0 Å². The monoisotopic (exact) mass is 769 g/mol. The number of carbonyl (C=O) groups excluding carboxylic acids is 2. The van der Waals surface area contributed by atoms with Crippen LogP contribution in [-0.2, 0) is 28.6 Å². The van der Waals surface area contributed by atoms with Gasteiger partial charge in [-0.3, -0.25) is 9.59 Å². The van der Waals surface area contributed by atoms with Crippen LogP contribution >= 0.6 is 0 Å². The van der Waals surface area contributed by atoms with Gasteiger partial charge in [0, 0.05) is 19.3 Å². The summed E-state index contributed by atoms with van der Waals surface area (Å²) in [5.41, 5.74) is 0. The highest BCUT2D eigenvalue weighted by Crippen LogP contribution is 2.12. The van der Waals surface area contributed by atoms with Gasteiger partial charge in [0.15, 0.2) is 12.1 Å². The first-order chi connectivity index (χ1) is 26.6. The molecule has 0 heterocycles. The molecule has 0 aliphatic heterocycles. The Morgan fingerprint density at radius 3 is 1.45 bits per heavy atom. The fraction of sp³-hybridized carbons (Fsp3) is 0.638. The Hall–Kier alpha value is -3.49. The van der Waals surface area contributed by atoms with Crippen LogP contribution in [-0.4, -0.2) is 80.6 Å². The predicted octanol–water partition coefficient (Wildman–Crippen LogP) is 11.4. The molecule has 0 aromatic rings. The maximum Gasteiger partial charge on any atom is 0.362 e. The Labute approximate surface area is 335 Å². The van der Waals surface area contributed by atoms with E-state index >= 15 is 0 Å². The van der Waals surface area contributed by atoms with Gasteiger partial charge >= 0.3 is 17.9 Å². The Balaban J connectivity index is 4.41. The molecule has 55 heavy (non-hydrogen) atoms. The highest BCUT2D eigenvalue weighted by Gasteiger charge is 2.31. The minimum absolute atomic E-state index is 0.0356. The van der Waals surface area contributed by atoms with E-state index in [1.807, 2.05) is 21.1 Å². The van der Waals surface area contributed by atoms with E-state index in [9.17, 15) is 19.5 Å². The second kappa shape index (κ2) is 37.4. The van der Waals surface area contributed by atoms with Crippen molar-refractivity contribution in [3.05, 3.63) is 85.1 Å². The molecule has 0 saturated heterocycles. The van der Waals surface area contributed by atoms with Crippen LogP contribution in [0.4, 0.5) is 0 Å². The Morgan fingerprint density at radius 1 is 0.545 bits per heavy atom. The van der Waals surface area contributed by atoms with Gasteiger partial charge in [0.2, 0.25) is 0 Å². The van der Waals surface area contributed by atoms with Crippen LogP contribution in [0.2, 0.25) is 0 Å². The molecule has 0 aromatic carbocycles. The van der Waals surface area contributed by atoms with Gasteiger partial charge < -0.3 is 23.8 Å². The van der Waals surface area contributed by atoms with E-state index in [1.165, 1.54) is 12.8 Å². The molecule has 2 atom stereocenters. The second-order valence-electron chi connectivity index (χ2n) is 14.8. The molecule has 2 unspecified atom stereocenters. The van der Waals surface area contributed by atoms with Gasteiger partial charge in [-0.25, -0.2) is 4.79 Å². The van der Waals surface area contributed by atoms with Crippen molar-refractivity contribution in [3.63, 3.8) is 0 Å². The van der Waals surface area contributed by atoms with Crippen molar-refractivity contribution in [1.29, 1.82) is 0 Å². The summed E-state index contributed by atoms with van der Waals surface area (Å²) in [6.45, 7) is 4.42. The Kier molecular flexibility index (Phi) is 35.1. The average molecular weight is 769 g/mol. The lowest BCUT2D eigenvalue weighted by molar-refractivity contribution is -0.887. The number of hydrogen-bond donors (Lipinski definition) is 1. The summed E-state index contributed by atoms with van der Waals surface area (Å²) in [5, 5.41) is 9.60. The van der Waals surface area contributed by atoms with Crippen LogP contribution in [0.15, 0.2) is 85.1 Å². The molecule has 0 aromatic heterocycles. The van der Waals surface area contributed by atoms with Crippen molar-refractivity contribution in [2.45, 2.75) is 154 Å². The minimum Gasteiger partial charge on any atom is -0.477 e. The van der Waals surface area contributed by atoms with Crippen molar-refractivity contribution < 1.29 is 38.2 Å². The smallest absolute Gasteiger partial charge is 0.362 e. The summed E-state index contributed by atoms with van der Waals surface area (Å²) in [6, 6.07) is -0.627. The number of hydrogen-bond acceptors (Lipinski definition) is 6. The van der Waals surface area contributed by atoms with E-state index in [0.717, 1.165) is 89.9 Å². The van der Waals surface area contributed by atoms with Crippen molar-refractivity contribution >= 4 is 17.9 Å². The summed E-state index contributed by atoms with van der Waals surface area (Å²) in [4.78, 5) is 36.9. The highest BCUT2D eigenvalue weighted by molar-refractivity contribution is 5.72. The Bertz CT molecular complexity index is 1170. The van der Waals surface area contributed by atoms with E-state index in [-0.39, 0.29) is 42.7 Å². The molecule has 0 radical (unpaired) electrons. The molecule has 0 saturated carbocycles. The Morgan fingerprint density at radius 2 is 0.964 bits per heavy atom. The first-order valence-electron chi connectivity index (χ1n) is 21.1. The second-order valence-corrected chi connectivity index (χ2v) is 14.8. The molecule has 8 nitrogen and oxygen atoms in total. The van der Waals surface area contributed by atoms with E-state index < -0.39 is 18.1 Å². The number of allylic oxidation sites excluding steroid dienone is 14. The van der Waals surface area contributed by atoms with Crippen LogP contribution in [0.25, 0.3) is 0 Å². The molecule has 0 rings (SSSR count). The number of nitrogens with zero attached hydrogens (tertiary/aromatic N) is 1. The number of ether oxygens (including phenoxy) is 3. The van der Waals surface area contributed by atoms with Crippen LogP contribution in [0, 0.1) is 0 Å². The third kappa shape index (κ3) is 35.9. The molecule has 0 fully saturated rings. The molecule has 0 aliphatic carbocycles. The van der Waals surface area contributed by atoms with E-state index in [0.29, 0.717) is 19.3 Å². The fourth-order valence-corrected chi connectivity index (χ4v) is 5.57. The number of likely N-dealkylation sites (N-methyl/N-ethyl adjacent to an activating group) is 1. The summed E-state index contributed by atoms with van der Waals surface area (Å²) in [7, 11) is 5.49. The number of rotatable bonds is 36. The molecular formula is C47H78NO7+. The number of carboxylic acid groups (broad SMARTS) is 1. The quantitative estimate of drug-likeness (QED) is 0.0293. The van der Waals surface area contributed by atoms with Crippen molar-refractivity contribution in [3.8, 4) is 0 Å². The molecule has 312 valence electrons. The number of unbranched alkanes of at least 4 members (excludes halogenated alkanes) is 8. The summed E-state index contributed by atoms with van der Waals surface area (Å²) >= 11 is 0. The van der Waals surface area contributed by atoms with Crippen molar-refractivity contribution in [1.82, 2.24) is 0 Å². The van der Waals surface area contributed by atoms with Gasteiger partial charge in [-0.15, -0.1) is 0 Å². The largest absolute Gasteiger partial charge is 0.477 e. The maximum absolute atomic E-state index is 12.7.